The van der Waals surface area contributed by atoms with Crippen LogP contribution in [0.4, 0.5) is 0 Å². The molecule has 60 valence electrons. The molecule has 0 aliphatic rings. The van der Waals surface area contributed by atoms with Crippen molar-refractivity contribution < 1.29 is 15.0 Å². The van der Waals surface area contributed by atoms with Crippen LogP contribution >= 0.6 is 0 Å². The monoisotopic (exact) mass is 176 g/mol. The number of carboxylic acid groups (broad SMARTS) is 1. The number of aromatic carboxylic acids is 1. The zero-order chi connectivity index (χ0) is 8.43. The van der Waals surface area contributed by atoms with Crippen molar-refractivity contribution in [2.24, 2.45) is 0 Å². The summed E-state index contributed by atoms with van der Waals surface area (Å²) in [6.07, 6.45) is 0. The first-order valence-corrected chi connectivity index (χ1v) is 3.15. The second-order valence-electron chi connectivity index (χ2n) is 2.28. The molecule has 0 fully saturated rings. The molecule has 1 aromatic carbocycles. The van der Waals surface area contributed by atoms with Crippen LogP contribution in [0.2, 0.25) is 0 Å². The van der Waals surface area contributed by atoms with Gasteiger partial charge in [-0.05, 0) is 18.6 Å². The molecule has 0 spiro atoms. The molecular formula is C8H9NaO3. The van der Waals surface area contributed by atoms with Crippen molar-refractivity contribution in [1.82, 2.24) is 0 Å². The van der Waals surface area contributed by atoms with Crippen LogP contribution in [0.25, 0.3) is 0 Å². The van der Waals surface area contributed by atoms with Gasteiger partial charge in [-0.3, -0.25) is 0 Å². The summed E-state index contributed by atoms with van der Waals surface area (Å²) < 4.78 is 0. The van der Waals surface area contributed by atoms with Crippen molar-refractivity contribution in [3.8, 4) is 5.75 Å². The molecule has 0 heterocycles. The molecule has 0 saturated heterocycles. The van der Waals surface area contributed by atoms with Crippen molar-refractivity contribution in [3.63, 3.8) is 0 Å². The Morgan fingerprint density at radius 1 is 1.42 bits per heavy atom. The van der Waals surface area contributed by atoms with E-state index in [0.29, 0.717) is 5.56 Å². The number of carbonyl (C=O) groups is 1. The van der Waals surface area contributed by atoms with E-state index in [-0.39, 0.29) is 40.9 Å². The van der Waals surface area contributed by atoms with Crippen molar-refractivity contribution in [2.75, 3.05) is 0 Å². The summed E-state index contributed by atoms with van der Waals surface area (Å²) in [7, 11) is 0. The SMILES string of the molecule is Cc1cccc(C(=O)O)c1O.[NaH]. The average Bonchev–Trinajstić information content (AvgIpc) is 1.94. The van der Waals surface area contributed by atoms with Crippen molar-refractivity contribution in [2.45, 2.75) is 6.92 Å². The molecule has 1 aromatic rings. The van der Waals surface area contributed by atoms with Gasteiger partial charge in [0.05, 0.1) is 0 Å². The Morgan fingerprint density at radius 2 is 2.00 bits per heavy atom. The van der Waals surface area contributed by atoms with Gasteiger partial charge in [0.15, 0.2) is 0 Å². The zero-order valence-corrected chi connectivity index (χ0v) is 6.03. The molecule has 0 radical (unpaired) electrons. The number of carboxylic acids is 1. The van der Waals surface area contributed by atoms with E-state index in [9.17, 15) is 9.90 Å². The fraction of sp³-hybridized carbons (Fsp3) is 0.125. The number of rotatable bonds is 1. The number of benzene rings is 1. The van der Waals surface area contributed by atoms with E-state index in [2.05, 4.69) is 0 Å². The minimum atomic E-state index is -1.11. The quantitative estimate of drug-likeness (QED) is 0.621. The summed E-state index contributed by atoms with van der Waals surface area (Å²) in [5.41, 5.74) is 0.523. The molecular weight excluding hydrogens is 167 g/mol. The number of hydrogen-bond acceptors (Lipinski definition) is 2. The molecule has 0 unspecified atom stereocenters. The van der Waals surface area contributed by atoms with Crippen LogP contribution in [0.1, 0.15) is 15.9 Å². The molecule has 0 aliphatic heterocycles. The number of phenols is 1. The summed E-state index contributed by atoms with van der Waals surface area (Å²) in [5.74, 6) is -1.26. The van der Waals surface area contributed by atoms with Crippen LogP contribution in [0.3, 0.4) is 0 Å². The Kier molecular flexibility index (Phi) is 4.31. The van der Waals surface area contributed by atoms with Gasteiger partial charge in [0.1, 0.15) is 11.3 Å². The van der Waals surface area contributed by atoms with E-state index in [1.54, 1.807) is 19.1 Å². The average molecular weight is 176 g/mol. The van der Waals surface area contributed by atoms with Gasteiger partial charge in [0.2, 0.25) is 0 Å². The van der Waals surface area contributed by atoms with E-state index < -0.39 is 5.97 Å². The molecule has 12 heavy (non-hydrogen) atoms. The Morgan fingerprint density at radius 3 is 2.42 bits per heavy atom. The normalized spacial score (nSPS) is 8.75. The van der Waals surface area contributed by atoms with Gasteiger partial charge in [-0.1, -0.05) is 12.1 Å². The Balaban J connectivity index is 0.00000121. The van der Waals surface area contributed by atoms with E-state index in [1.165, 1.54) is 6.07 Å². The van der Waals surface area contributed by atoms with E-state index in [4.69, 9.17) is 5.11 Å². The molecule has 0 saturated carbocycles. The van der Waals surface area contributed by atoms with Gasteiger partial charge < -0.3 is 10.2 Å². The van der Waals surface area contributed by atoms with E-state index in [1.807, 2.05) is 0 Å². The molecule has 3 nitrogen and oxygen atoms in total. The van der Waals surface area contributed by atoms with Gasteiger partial charge in [0, 0.05) is 0 Å². The van der Waals surface area contributed by atoms with Crippen LogP contribution in [0, 0.1) is 6.92 Å². The van der Waals surface area contributed by atoms with Gasteiger partial charge in [-0.25, -0.2) is 4.79 Å². The van der Waals surface area contributed by atoms with Gasteiger partial charge in [-0.15, -0.1) is 0 Å². The summed E-state index contributed by atoms with van der Waals surface area (Å²) in [6, 6.07) is 4.62. The van der Waals surface area contributed by atoms with Crippen LogP contribution in [0.15, 0.2) is 18.2 Å². The molecule has 2 N–H and O–H groups in total. The molecule has 0 aromatic heterocycles. The first kappa shape index (κ1) is 11.5. The number of aromatic hydroxyl groups is 1. The number of hydrogen-bond donors (Lipinski definition) is 2. The Bertz CT molecular complexity index is 296. The zero-order valence-electron chi connectivity index (χ0n) is 6.03. The summed E-state index contributed by atoms with van der Waals surface area (Å²) >= 11 is 0. The van der Waals surface area contributed by atoms with E-state index in [0.717, 1.165) is 0 Å². The van der Waals surface area contributed by atoms with Crippen molar-refractivity contribution in [3.05, 3.63) is 29.3 Å². The maximum atomic E-state index is 10.4. The maximum absolute atomic E-state index is 10.4. The molecule has 4 heteroatoms. The predicted octanol–water partition coefficient (Wildman–Crippen LogP) is 0.750. The summed E-state index contributed by atoms with van der Waals surface area (Å²) in [4.78, 5) is 10.4. The summed E-state index contributed by atoms with van der Waals surface area (Å²) in [5, 5.41) is 17.7. The third-order valence-corrected chi connectivity index (χ3v) is 1.47. The van der Waals surface area contributed by atoms with Crippen LogP contribution < -0.4 is 0 Å². The molecule has 1 rings (SSSR count). The number of aryl methyl sites for hydroxylation is 1. The van der Waals surface area contributed by atoms with Crippen LogP contribution in [-0.2, 0) is 0 Å². The van der Waals surface area contributed by atoms with Gasteiger partial charge in [-0.2, -0.15) is 0 Å². The fourth-order valence-electron chi connectivity index (χ4n) is 0.832. The summed E-state index contributed by atoms with van der Waals surface area (Å²) in [6.45, 7) is 1.65. The third kappa shape index (κ3) is 2.24. The van der Waals surface area contributed by atoms with Gasteiger partial charge >= 0.3 is 35.5 Å². The van der Waals surface area contributed by atoms with Gasteiger partial charge in [0.25, 0.3) is 0 Å². The van der Waals surface area contributed by atoms with Crippen molar-refractivity contribution in [1.29, 1.82) is 0 Å². The predicted molar refractivity (Wildman–Crippen MR) is 47.0 cm³/mol. The second kappa shape index (κ2) is 4.50. The van der Waals surface area contributed by atoms with Crippen LogP contribution in [0.5, 0.6) is 5.75 Å². The van der Waals surface area contributed by atoms with Crippen molar-refractivity contribution >= 4 is 35.5 Å². The van der Waals surface area contributed by atoms with E-state index >= 15 is 0 Å². The molecule has 0 amide bonds. The topological polar surface area (TPSA) is 57.5 Å². The number of para-hydroxylation sites is 1. The Labute approximate surface area is 92.3 Å². The molecule has 0 atom stereocenters. The minimum absolute atomic E-state index is 0. The Hall–Kier alpha value is -0.510. The van der Waals surface area contributed by atoms with Crippen LogP contribution in [-0.4, -0.2) is 45.7 Å². The standard InChI is InChI=1S/C8H8O3.Na.H/c1-5-3-2-4-6(7(5)9)8(10)11;;/h2-4,9H,1H3,(H,10,11);;. The molecule has 0 bridgehead atoms. The third-order valence-electron chi connectivity index (χ3n) is 1.47. The second-order valence-corrected chi connectivity index (χ2v) is 2.28. The molecule has 0 aliphatic carbocycles. The fourth-order valence-corrected chi connectivity index (χ4v) is 0.832. The first-order valence-electron chi connectivity index (χ1n) is 3.15. The first-order chi connectivity index (χ1) is 5.13.